The molecule has 2 heterocycles. The zero-order valence-corrected chi connectivity index (χ0v) is 14.7. The van der Waals surface area contributed by atoms with Crippen LogP contribution in [0.15, 0.2) is 11.4 Å². The molecule has 0 aliphatic heterocycles. The molecule has 2 aromatic heterocycles. The number of hydrogen-bond acceptors (Lipinski definition) is 5. The van der Waals surface area contributed by atoms with Crippen LogP contribution in [-0.4, -0.2) is 24.0 Å². The Bertz CT molecular complexity index is 677. The maximum absolute atomic E-state index is 12.3. The van der Waals surface area contributed by atoms with E-state index in [1.165, 1.54) is 29.5 Å². The lowest BCUT2D eigenvalue weighted by Gasteiger charge is -2.06. The molecule has 1 aliphatic carbocycles. The zero-order chi connectivity index (χ0) is 16.9. The Balaban J connectivity index is 1.45. The zero-order valence-electron chi connectivity index (χ0n) is 13.0. The first-order chi connectivity index (χ1) is 11.6. The van der Waals surface area contributed by atoms with Gasteiger partial charge in [0.15, 0.2) is 0 Å². The Morgan fingerprint density at radius 3 is 3.00 bits per heavy atom. The molecule has 8 heteroatoms. The minimum Gasteiger partial charge on any atom is -0.433 e. The van der Waals surface area contributed by atoms with Crippen LogP contribution in [0, 0.1) is 0 Å². The van der Waals surface area contributed by atoms with E-state index in [-0.39, 0.29) is 16.5 Å². The van der Waals surface area contributed by atoms with Gasteiger partial charge in [0.25, 0.3) is 5.91 Å². The van der Waals surface area contributed by atoms with Crippen molar-refractivity contribution in [2.45, 2.75) is 45.1 Å². The highest BCUT2D eigenvalue weighted by Crippen LogP contribution is 2.28. The number of hydrogen-bond donors (Lipinski definition) is 1. The Kier molecular flexibility index (Phi) is 5.78. The number of aryl methyl sites for hydroxylation is 3. The van der Waals surface area contributed by atoms with Gasteiger partial charge in [0.2, 0.25) is 0 Å². The quantitative estimate of drug-likeness (QED) is 0.746. The molecule has 1 amide bonds. The fourth-order valence-corrected chi connectivity index (χ4v) is 4.62. The molecule has 4 nitrogen and oxygen atoms in total. The van der Waals surface area contributed by atoms with Crippen molar-refractivity contribution < 1.29 is 18.3 Å². The SMILES string of the molecule is O=C(NCCCc1nc2c(s1)CCCC2)c1sccc1OC(F)F. The smallest absolute Gasteiger partial charge is 0.387 e. The number of carbonyl (C=O) groups is 1. The molecule has 0 atom stereocenters. The number of thiazole rings is 1. The first-order valence-electron chi connectivity index (χ1n) is 7.91. The molecule has 0 saturated carbocycles. The van der Waals surface area contributed by atoms with Gasteiger partial charge in [-0.05, 0) is 43.6 Å². The maximum atomic E-state index is 12.3. The summed E-state index contributed by atoms with van der Waals surface area (Å²) in [6.45, 7) is -2.45. The minimum atomic E-state index is -2.93. The lowest BCUT2D eigenvalue weighted by atomic mass is 10.0. The standard InChI is InChI=1S/C16H18F2N2O2S2/c17-16(18)22-11-7-9-23-14(11)15(21)19-8-3-6-13-20-10-4-1-2-5-12(10)24-13/h7,9,16H,1-6,8H2,(H,19,21). The molecule has 0 aromatic carbocycles. The van der Waals surface area contributed by atoms with Gasteiger partial charge in [-0.15, -0.1) is 22.7 Å². The third-order valence-corrected chi connectivity index (χ3v) is 5.91. The summed E-state index contributed by atoms with van der Waals surface area (Å²) < 4.78 is 28.9. The van der Waals surface area contributed by atoms with Crippen molar-refractivity contribution in [3.63, 3.8) is 0 Å². The normalized spacial score (nSPS) is 13.8. The molecule has 0 bridgehead atoms. The number of rotatable bonds is 7. The number of ether oxygens (including phenoxy) is 1. The topological polar surface area (TPSA) is 51.2 Å². The average molecular weight is 372 g/mol. The Hall–Kier alpha value is -1.54. The van der Waals surface area contributed by atoms with Crippen molar-refractivity contribution in [2.75, 3.05) is 6.54 Å². The van der Waals surface area contributed by atoms with E-state index in [4.69, 9.17) is 0 Å². The molecular formula is C16H18F2N2O2S2. The van der Waals surface area contributed by atoms with Crippen molar-refractivity contribution in [3.05, 3.63) is 31.9 Å². The van der Waals surface area contributed by atoms with Crippen LogP contribution in [0.5, 0.6) is 5.75 Å². The summed E-state index contributed by atoms with van der Waals surface area (Å²) in [5.74, 6) is -0.445. The average Bonchev–Trinajstić information content (AvgIpc) is 3.16. The van der Waals surface area contributed by atoms with Crippen molar-refractivity contribution in [1.82, 2.24) is 10.3 Å². The second-order valence-electron chi connectivity index (χ2n) is 5.54. The molecule has 0 radical (unpaired) electrons. The Morgan fingerprint density at radius 1 is 1.38 bits per heavy atom. The number of fused-ring (bicyclic) bond motifs is 1. The second kappa shape index (κ2) is 8.02. The van der Waals surface area contributed by atoms with E-state index in [1.54, 1.807) is 16.7 Å². The van der Waals surface area contributed by atoms with E-state index in [0.717, 1.165) is 42.0 Å². The summed E-state index contributed by atoms with van der Waals surface area (Å²) >= 11 is 2.87. The van der Waals surface area contributed by atoms with Crippen molar-refractivity contribution in [1.29, 1.82) is 0 Å². The summed E-state index contributed by atoms with van der Waals surface area (Å²) in [6, 6.07) is 1.38. The predicted octanol–water partition coefficient (Wildman–Crippen LogP) is 4.05. The van der Waals surface area contributed by atoms with Gasteiger partial charge in [-0.3, -0.25) is 4.79 Å². The van der Waals surface area contributed by atoms with E-state index in [2.05, 4.69) is 15.0 Å². The second-order valence-corrected chi connectivity index (χ2v) is 7.62. The molecule has 3 rings (SSSR count). The van der Waals surface area contributed by atoms with Crippen LogP contribution in [0.3, 0.4) is 0 Å². The van der Waals surface area contributed by atoms with Crippen LogP contribution < -0.4 is 10.1 Å². The van der Waals surface area contributed by atoms with Crippen molar-refractivity contribution >= 4 is 28.6 Å². The van der Waals surface area contributed by atoms with Crippen LogP contribution in [0.1, 0.15) is 44.5 Å². The molecule has 130 valence electrons. The third kappa shape index (κ3) is 4.30. The monoisotopic (exact) mass is 372 g/mol. The fourth-order valence-electron chi connectivity index (χ4n) is 2.69. The maximum Gasteiger partial charge on any atom is 0.387 e. The number of alkyl halides is 2. The third-order valence-electron chi connectivity index (χ3n) is 3.79. The number of amides is 1. The van der Waals surface area contributed by atoms with Crippen LogP contribution in [0.4, 0.5) is 8.78 Å². The first-order valence-corrected chi connectivity index (χ1v) is 9.61. The summed E-state index contributed by atoms with van der Waals surface area (Å²) in [7, 11) is 0. The Morgan fingerprint density at radius 2 is 2.21 bits per heavy atom. The summed E-state index contributed by atoms with van der Waals surface area (Å²) in [6.07, 6.45) is 6.27. The van der Waals surface area contributed by atoms with E-state index in [1.807, 2.05) is 0 Å². The number of nitrogens with zero attached hydrogens (tertiary/aromatic N) is 1. The molecule has 0 unspecified atom stereocenters. The van der Waals surface area contributed by atoms with Crippen molar-refractivity contribution in [2.24, 2.45) is 0 Å². The number of thiophene rings is 1. The molecule has 0 fully saturated rings. The van der Waals surface area contributed by atoms with Gasteiger partial charge in [-0.2, -0.15) is 8.78 Å². The molecule has 0 saturated heterocycles. The highest BCUT2D eigenvalue weighted by molar-refractivity contribution is 7.12. The highest BCUT2D eigenvalue weighted by atomic mass is 32.1. The van der Waals surface area contributed by atoms with Gasteiger partial charge in [0, 0.05) is 17.8 Å². The fraction of sp³-hybridized carbons (Fsp3) is 0.500. The van der Waals surface area contributed by atoms with Gasteiger partial charge in [0.1, 0.15) is 10.6 Å². The number of halogens is 2. The van der Waals surface area contributed by atoms with Gasteiger partial charge in [-0.1, -0.05) is 0 Å². The lowest BCUT2D eigenvalue weighted by molar-refractivity contribution is -0.0498. The van der Waals surface area contributed by atoms with Gasteiger partial charge in [-0.25, -0.2) is 4.98 Å². The predicted molar refractivity (Wildman–Crippen MR) is 90.4 cm³/mol. The van der Waals surface area contributed by atoms with Crippen LogP contribution in [0.25, 0.3) is 0 Å². The molecule has 24 heavy (non-hydrogen) atoms. The van der Waals surface area contributed by atoms with E-state index < -0.39 is 6.61 Å². The number of nitrogens with one attached hydrogen (secondary N) is 1. The van der Waals surface area contributed by atoms with Crippen LogP contribution >= 0.6 is 22.7 Å². The van der Waals surface area contributed by atoms with Gasteiger partial charge in [0.05, 0.1) is 10.7 Å². The molecule has 0 spiro atoms. The number of carbonyl (C=O) groups excluding carboxylic acids is 1. The number of aromatic nitrogens is 1. The summed E-state index contributed by atoms with van der Waals surface area (Å²) in [5, 5.41) is 5.44. The lowest BCUT2D eigenvalue weighted by Crippen LogP contribution is -2.24. The summed E-state index contributed by atoms with van der Waals surface area (Å²) in [4.78, 5) is 18.3. The highest BCUT2D eigenvalue weighted by Gasteiger charge is 2.18. The minimum absolute atomic E-state index is 0.0694. The van der Waals surface area contributed by atoms with E-state index >= 15 is 0 Å². The van der Waals surface area contributed by atoms with Crippen LogP contribution in [0.2, 0.25) is 0 Å². The van der Waals surface area contributed by atoms with E-state index in [0.29, 0.717) is 6.54 Å². The molecular weight excluding hydrogens is 354 g/mol. The molecule has 1 aliphatic rings. The van der Waals surface area contributed by atoms with Crippen molar-refractivity contribution in [3.8, 4) is 5.75 Å². The largest absolute Gasteiger partial charge is 0.433 e. The van der Waals surface area contributed by atoms with E-state index in [9.17, 15) is 13.6 Å². The first kappa shape index (κ1) is 17.3. The summed E-state index contributed by atoms with van der Waals surface area (Å²) in [5.41, 5.74) is 1.25. The van der Waals surface area contributed by atoms with Gasteiger partial charge >= 0.3 is 6.61 Å². The van der Waals surface area contributed by atoms with Crippen LogP contribution in [-0.2, 0) is 19.3 Å². The Labute approximate surface area is 146 Å². The molecule has 1 N–H and O–H groups in total. The molecule has 2 aromatic rings. The van der Waals surface area contributed by atoms with Gasteiger partial charge < -0.3 is 10.1 Å².